The third-order valence-electron chi connectivity index (χ3n) is 5.44. The van der Waals surface area contributed by atoms with E-state index in [2.05, 4.69) is 53.0 Å². The van der Waals surface area contributed by atoms with E-state index >= 15 is 0 Å². The zero-order valence-corrected chi connectivity index (χ0v) is 18.3. The van der Waals surface area contributed by atoms with Gasteiger partial charge in [0.1, 0.15) is 11.6 Å². The minimum atomic E-state index is 0.0578. The largest absolute Gasteiger partial charge is 0.354 e. The molecule has 1 fully saturated rings. The number of piperazine rings is 1. The molecule has 0 spiro atoms. The second-order valence-electron chi connectivity index (χ2n) is 8.15. The molecular weight excluding hydrogens is 362 g/mol. The number of aryl methyl sites for hydroxylation is 3. The van der Waals surface area contributed by atoms with Crippen LogP contribution < -0.4 is 10.2 Å². The Hall–Kier alpha value is -2.47. The van der Waals surface area contributed by atoms with E-state index in [4.69, 9.17) is 4.98 Å². The van der Waals surface area contributed by atoms with Crippen LogP contribution in [0.1, 0.15) is 49.3 Å². The number of benzene rings is 1. The van der Waals surface area contributed by atoms with Gasteiger partial charge in [-0.1, -0.05) is 39.0 Å². The molecule has 1 N–H and O–H groups in total. The van der Waals surface area contributed by atoms with Gasteiger partial charge in [0.05, 0.1) is 6.54 Å². The van der Waals surface area contributed by atoms with Gasteiger partial charge >= 0.3 is 0 Å². The SMILES string of the molecule is CCc1cccc(C)c1NC(=O)CN1CCN(c2cc(C)nc(C(C)C)n2)CC1. The highest BCUT2D eigenvalue weighted by atomic mass is 16.2. The molecule has 0 saturated carbocycles. The third-order valence-corrected chi connectivity index (χ3v) is 5.44. The Morgan fingerprint density at radius 1 is 1.14 bits per heavy atom. The summed E-state index contributed by atoms with van der Waals surface area (Å²) in [5.41, 5.74) is 4.27. The number of rotatable bonds is 6. The number of para-hydroxylation sites is 1. The lowest BCUT2D eigenvalue weighted by Gasteiger charge is -2.35. The van der Waals surface area contributed by atoms with Crippen molar-refractivity contribution in [1.82, 2.24) is 14.9 Å². The maximum Gasteiger partial charge on any atom is 0.238 e. The van der Waals surface area contributed by atoms with Crippen LogP contribution in [0.3, 0.4) is 0 Å². The molecule has 3 rings (SSSR count). The Bertz CT molecular complexity index is 856. The van der Waals surface area contributed by atoms with Crippen molar-refractivity contribution >= 4 is 17.4 Å². The Labute approximate surface area is 174 Å². The standard InChI is InChI=1S/C23H33N5O/c1-6-19-9-7-8-17(4)22(19)26-21(29)15-27-10-12-28(13-11-27)20-14-18(5)24-23(25-20)16(2)3/h7-9,14,16H,6,10-13,15H2,1-5H3,(H,26,29). The number of carbonyl (C=O) groups is 1. The van der Waals surface area contributed by atoms with Crippen LogP contribution in [0.2, 0.25) is 0 Å². The van der Waals surface area contributed by atoms with Crippen LogP contribution in [0, 0.1) is 13.8 Å². The van der Waals surface area contributed by atoms with Crippen molar-refractivity contribution in [1.29, 1.82) is 0 Å². The number of amides is 1. The lowest BCUT2D eigenvalue weighted by atomic mass is 10.1. The van der Waals surface area contributed by atoms with Gasteiger partial charge in [-0.3, -0.25) is 9.69 Å². The minimum absolute atomic E-state index is 0.0578. The molecule has 0 atom stereocenters. The van der Waals surface area contributed by atoms with E-state index in [1.54, 1.807) is 0 Å². The molecule has 0 radical (unpaired) electrons. The molecule has 29 heavy (non-hydrogen) atoms. The average molecular weight is 396 g/mol. The predicted molar refractivity (Wildman–Crippen MR) is 119 cm³/mol. The first-order valence-electron chi connectivity index (χ1n) is 10.6. The Morgan fingerprint density at radius 3 is 2.52 bits per heavy atom. The lowest BCUT2D eigenvalue weighted by molar-refractivity contribution is -0.117. The fraction of sp³-hybridized carbons (Fsp3) is 0.522. The summed E-state index contributed by atoms with van der Waals surface area (Å²) in [6.45, 7) is 14.3. The molecule has 1 aromatic carbocycles. The monoisotopic (exact) mass is 395 g/mol. The van der Waals surface area contributed by atoms with Gasteiger partial charge < -0.3 is 10.2 Å². The number of carbonyl (C=O) groups excluding carboxylic acids is 1. The first-order chi connectivity index (χ1) is 13.9. The van der Waals surface area contributed by atoms with Crippen molar-refractivity contribution in [3.8, 4) is 0 Å². The van der Waals surface area contributed by atoms with Crippen LogP contribution in [0.25, 0.3) is 0 Å². The van der Waals surface area contributed by atoms with Gasteiger partial charge in [-0.2, -0.15) is 0 Å². The maximum absolute atomic E-state index is 12.6. The van der Waals surface area contributed by atoms with Gasteiger partial charge in [0.2, 0.25) is 5.91 Å². The van der Waals surface area contributed by atoms with Crippen molar-refractivity contribution < 1.29 is 4.79 Å². The van der Waals surface area contributed by atoms with Crippen LogP contribution in [-0.2, 0) is 11.2 Å². The minimum Gasteiger partial charge on any atom is -0.354 e. The summed E-state index contributed by atoms with van der Waals surface area (Å²) in [6.07, 6.45) is 0.909. The van der Waals surface area contributed by atoms with Gasteiger partial charge in [0.15, 0.2) is 0 Å². The highest BCUT2D eigenvalue weighted by Gasteiger charge is 2.21. The van der Waals surface area contributed by atoms with Crippen molar-refractivity contribution in [2.24, 2.45) is 0 Å². The van der Waals surface area contributed by atoms with Crippen LogP contribution in [0.5, 0.6) is 0 Å². The summed E-state index contributed by atoms with van der Waals surface area (Å²) in [4.78, 5) is 26.4. The second-order valence-corrected chi connectivity index (χ2v) is 8.15. The van der Waals surface area contributed by atoms with Gasteiger partial charge in [-0.05, 0) is 31.4 Å². The average Bonchev–Trinajstić information content (AvgIpc) is 2.69. The van der Waals surface area contributed by atoms with Gasteiger partial charge in [-0.15, -0.1) is 0 Å². The maximum atomic E-state index is 12.6. The molecule has 1 aliphatic heterocycles. The molecule has 1 aliphatic rings. The van der Waals surface area contributed by atoms with E-state index in [9.17, 15) is 4.79 Å². The molecule has 0 bridgehead atoms. The van der Waals surface area contributed by atoms with Crippen molar-refractivity contribution in [3.63, 3.8) is 0 Å². The highest BCUT2D eigenvalue weighted by molar-refractivity contribution is 5.93. The predicted octanol–water partition coefficient (Wildman–Crippen LogP) is 3.54. The second kappa shape index (κ2) is 9.35. The number of nitrogens with zero attached hydrogens (tertiary/aromatic N) is 4. The molecule has 0 unspecified atom stereocenters. The van der Waals surface area contributed by atoms with E-state index in [1.807, 2.05) is 26.0 Å². The van der Waals surface area contributed by atoms with Gasteiger partial charge in [0, 0.05) is 49.5 Å². The fourth-order valence-electron chi connectivity index (χ4n) is 3.71. The number of nitrogens with one attached hydrogen (secondary N) is 1. The summed E-state index contributed by atoms with van der Waals surface area (Å²) >= 11 is 0. The molecule has 6 nitrogen and oxygen atoms in total. The van der Waals surface area contributed by atoms with Crippen molar-refractivity contribution in [2.45, 2.75) is 47.0 Å². The Balaban J connectivity index is 1.57. The molecule has 156 valence electrons. The quantitative estimate of drug-likeness (QED) is 0.811. The number of anilines is 2. The van der Waals surface area contributed by atoms with Crippen LogP contribution in [0.4, 0.5) is 11.5 Å². The van der Waals surface area contributed by atoms with E-state index in [0.717, 1.165) is 61.2 Å². The number of hydrogen-bond donors (Lipinski definition) is 1. The van der Waals surface area contributed by atoms with Gasteiger partial charge in [0.25, 0.3) is 0 Å². The molecule has 2 heterocycles. The normalized spacial score (nSPS) is 15.0. The van der Waals surface area contributed by atoms with E-state index in [-0.39, 0.29) is 5.91 Å². The molecule has 1 amide bonds. The summed E-state index contributed by atoms with van der Waals surface area (Å²) in [5, 5.41) is 3.13. The summed E-state index contributed by atoms with van der Waals surface area (Å²) in [6, 6.07) is 8.22. The summed E-state index contributed by atoms with van der Waals surface area (Å²) < 4.78 is 0. The Kier molecular flexibility index (Phi) is 6.85. The zero-order chi connectivity index (χ0) is 21.0. The Morgan fingerprint density at radius 2 is 1.86 bits per heavy atom. The van der Waals surface area contributed by atoms with E-state index in [0.29, 0.717) is 12.5 Å². The smallest absolute Gasteiger partial charge is 0.238 e. The number of hydrogen-bond acceptors (Lipinski definition) is 5. The summed E-state index contributed by atoms with van der Waals surface area (Å²) in [7, 11) is 0. The molecule has 1 saturated heterocycles. The topological polar surface area (TPSA) is 61.4 Å². The molecule has 0 aliphatic carbocycles. The van der Waals surface area contributed by atoms with Crippen LogP contribution >= 0.6 is 0 Å². The van der Waals surface area contributed by atoms with Crippen molar-refractivity contribution in [2.75, 3.05) is 42.9 Å². The van der Waals surface area contributed by atoms with Crippen molar-refractivity contribution in [3.05, 3.63) is 46.9 Å². The lowest BCUT2D eigenvalue weighted by Crippen LogP contribution is -2.49. The molecule has 6 heteroatoms. The third kappa shape index (κ3) is 5.32. The summed E-state index contributed by atoms with van der Waals surface area (Å²) in [5.74, 6) is 2.26. The van der Waals surface area contributed by atoms with Crippen LogP contribution in [0.15, 0.2) is 24.3 Å². The first-order valence-corrected chi connectivity index (χ1v) is 10.6. The van der Waals surface area contributed by atoms with Gasteiger partial charge in [-0.25, -0.2) is 9.97 Å². The van der Waals surface area contributed by atoms with E-state index < -0.39 is 0 Å². The number of aromatic nitrogens is 2. The first kappa shape index (κ1) is 21.2. The molecule has 1 aromatic heterocycles. The zero-order valence-electron chi connectivity index (χ0n) is 18.3. The molecular formula is C23H33N5O. The fourth-order valence-corrected chi connectivity index (χ4v) is 3.71. The van der Waals surface area contributed by atoms with E-state index in [1.165, 1.54) is 5.56 Å². The van der Waals surface area contributed by atoms with Crippen LogP contribution in [-0.4, -0.2) is 53.5 Å². The molecule has 2 aromatic rings. The highest BCUT2D eigenvalue weighted by Crippen LogP contribution is 2.22.